The maximum atomic E-state index is 13.2. The molecular weight excluding hydrogens is 378 g/mol. The summed E-state index contributed by atoms with van der Waals surface area (Å²) < 4.78 is 5.45. The summed E-state index contributed by atoms with van der Waals surface area (Å²) in [6.45, 7) is 6.66. The van der Waals surface area contributed by atoms with Gasteiger partial charge in [-0.25, -0.2) is 4.79 Å². The van der Waals surface area contributed by atoms with Crippen LogP contribution in [0.3, 0.4) is 0 Å². The van der Waals surface area contributed by atoms with E-state index in [1.165, 1.54) is 4.90 Å². The first-order chi connectivity index (χ1) is 14.2. The molecule has 6 nitrogen and oxygen atoms in total. The number of fused-ring (bicyclic) bond motifs is 2. The van der Waals surface area contributed by atoms with Crippen molar-refractivity contribution in [2.75, 3.05) is 20.2 Å². The third-order valence-corrected chi connectivity index (χ3v) is 6.00. The molecule has 30 heavy (non-hydrogen) atoms. The van der Waals surface area contributed by atoms with Gasteiger partial charge in [-0.1, -0.05) is 39.0 Å². The molecule has 0 aliphatic heterocycles. The quantitative estimate of drug-likeness (QED) is 0.702. The summed E-state index contributed by atoms with van der Waals surface area (Å²) in [6, 6.07) is 9.60. The van der Waals surface area contributed by atoms with E-state index in [4.69, 9.17) is 15.0 Å². The first-order valence-corrected chi connectivity index (χ1v) is 10.4. The van der Waals surface area contributed by atoms with Gasteiger partial charge in [0.1, 0.15) is 0 Å². The van der Waals surface area contributed by atoms with Crippen LogP contribution in [-0.2, 0) is 22.4 Å². The van der Waals surface area contributed by atoms with Crippen LogP contribution < -0.4 is 0 Å². The second kappa shape index (κ2) is 8.83. The van der Waals surface area contributed by atoms with E-state index in [9.17, 15) is 9.59 Å². The average Bonchev–Trinajstić information content (AvgIpc) is 2.72. The molecule has 0 saturated carbocycles. The molecule has 1 atom stereocenters. The number of carbonyl (C=O) groups is 2. The molecule has 0 N–H and O–H groups in total. The first-order valence-electron chi connectivity index (χ1n) is 10.4. The van der Waals surface area contributed by atoms with E-state index in [1.54, 1.807) is 7.05 Å². The van der Waals surface area contributed by atoms with Gasteiger partial charge in [-0.15, -0.1) is 0 Å². The summed E-state index contributed by atoms with van der Waals surface area (Å²) in [7, 11) is 1.60. The molecule has 0 fully saturated rings. The Morgan fingerprint density at radius 1 is 1.30 bits per heavy atom. The number of amides is 1. The molecule has 1 amide bonds. The molecule has 158 valence electrons. The topological polar surface area (TPSA) is 83.3 Å². The van der Waals surface area contributed by atoms with Crippen LogP contribution >= 0.6 is 0 Å². The molecule has 1 aliphatic carbocycles. The van der Waals surface area contributed by atoms with Crippen molar-refractivity contribution >= 4 is 22.8 Å². The molecule has 0 saturated heterocycles. The summed E-state index contributed by atoms with van der Waals surface area (Å²) in [5.74, 6) is -0.363. The second-order valence-corrected chi connectivity index (χ2v) is 9.03. The minimum absolute atomic E-state index is 0.129. The minimum Gasteiger partial charge on any atom is -0.452 e. The number of rotatable bonds is 5. The summed E-state index contributed by atoms with van der Waals surface area (Å²) in [4.78, 5) is 31.6. The molecule has 1 heterocycles. The minimum atomic E-state index is -0.485. The van der Waals surface area contributed by atoms with E-state index in [0.717, 1.165) is 41.4 Å². The molecule has 1 aromatic carbocycles. The number of ether oxygens (including phenoxy) is 1. The van der Waals surface area contributed by atoms with E-state index in [0.29, 0.717) is 18.0 Å². The Hall–Kier alpha value is -2.94. The van der Waals surface area contributed by atoms with Gasteiger partial charge in [0.2, 0.25) is 0 Å². The number of pyridine rings is 1. The van der Waals surface area contributed by atoms with Crippen molar-refractivity contribution in [3.63, 3.8) is 0 Å². The van der Waals surface area contributed by atoms with Gasteiger partial charge in [-0.05, 0) is 42.2 Å². The Labute approximate surface area is 177 Å². The van der Waals surface area contributed by atoms with Gasteiger partial charge in [0, 0.05) is 24.7 Å². The summed E-state index contributed by atoms with van der Waals surface area (Å²) in [6.07, 6.45) is 2.89. The number of hydrogen-bond donors (Lipinski definition) is 0. The Balaban J connectivity index is 1.91. The maximum absolute atomic E-state index is 13.2. The molecule has 0 bridgehead atoms. The van der Waals surface area contributed by atoms with Crippen LogP contribution in [0.2, 0.25) is 0 Å². The fourth-order valence-corrected chi connectivity index (χ4v) is 4.01. The molecule has 1 aromatic heterocycles. The van der Waals surface area contributed by atoms with Gasteiger partial charge in [0.05, 0.1) is 23.6 Å². The van der Waals surface area contributed by atoms with Crippen molar-refractivity contribution in [2.24, 2.45) is 11.3 Å². The van der Waals surface area contributed by atoms with Gasteiger partial charge in [-0.3, -0.25) is 9.78 Å². The third-order valence-electron chi connectivity index (χ3n) is 6.00. The van der Waals surface area contributed by atoms with Crippen molar-refractivity contribution in [3.05, 3.63) is 41.1 Å². The lowest BCUT2D eigenvalue weighted by molar-refractivity contribution is -0.133. The molecule has 0 unspecified atom stereocenters. The number of hydrogen-bond acceptors (Lipinski definition) is 5. The summed E-state index contributed by atoms with van der Waals surface area (Å²) in [5.41, 5.74) is 3.35. The Morgan fingerprint density at radius 3 is 2.73 bits per heavy atom. The fraction of sp³-hybridized carbons (Fsp3) is 0.500. The number of aryl methyl sites for hydroxylation is 1. The second-order valence-electron chi connectivity index (χ2n) is 9.03. The van der Waals surface area contributed by atoms with E-state index < -0.39 is 5.97 Å². The molecule has 1 aliphatic rings. The number of benzene rings is 1. The number of nitrogens with zero attached hydrogens (tertiary/aromatic N) is 3. The highest BCUT2D eigenvalue weighted by Gasteiger charge is 2.33. The largest absolute Gasteiger partial charge is 0.452 e. The molecular formula is C24H29N3O3. The standard InChI is InChI=1S/C24H29N3O3/c1-24(2,3)16-10-11-20-18(14-16)22(17-8-5-6-9-19(17)26-20)23(29)30-15-21(28)27(4)13-7-12-25/h5-6,8-9,16H,7,10-11,13-15H2,1-4H3/t16-/m0/s1. The number of aromatic nitrogens is 1. The number of carbonyl (C=O) groups excluding carboxylic acids is 2. The zero-order chi connectivity index (χ0) is 21.9. The SMILES string of the molecule is CN(CCC#N)C(=O)COC(=O)c1c2c(nc3ccccc13)CC[C@H](C(C)(C)C)C2. The zero-order valence-corrected chi connectivity index (χ0v) is 18.2. The van der Waals surface area contributed by atoms with E-state index in [-0.39, 0.29) is 24.3 Å². The predicted molar refractivity (Wildman–Crippen MR) is 115 cm³/mol. The normalized spacial score (nSPS) is 15.9. The van der Waals surface area contributed by atoms with Crippen molar-refractivity contribution in [1.82, 2.24) is 9.88 Å². The maximum Gasteiger partial charge on any atom is 0.339 e. The van der Waals surface area contributed by atoms with Gasteiger partial charge in [-0.2, -0.15) is 5.26 Å². The van der Waals surface area contributed by atoms with Crippen molar-refractivity contribution in [1.29, 1.82) is 5.26 Å². The smallest absolute Gasteiger partial charge is 0.339 e. The van der Waals surface area contributed by atoms with Crippen molar-refractivity contribution in [2.45, 2.75) is 46.5 Å². The summed E-state index contributed by atoms with van der Waals surface area (Å²) >= 11 is 0. The Bertz CT molecular complexity index is 1000. The monoisotopic (exact) mass is 407 g/mol. The van der Waals surface area contributed by atoms with Crippen LogP contribution in [-0.4, -0.2) is 42.0 Å². The number of esters is 1. The molecule has 3 rings (SSSR count). The number of nitriles is 1. The zero-order valence-electron chi connectivity index (χ0n) is 18.2. The number of likely N-dealkylation sites (N-methyl/N-ethyl adjacent to an activating group) is 1. The Kier molecular flexibility index (Phi) is 6.40. The van der Waals surface area contributed by atoms with Crippen LogP contribution in [0.4, 0.5) is 0 Å². The predicted octanol–water partition coefficient (Wildman–Crippen LogP) is 3.91. The van der Waals surface area contributed by atoms with Gasteiger partial charge >= 0.3 is 5.97 Å². The van der Waals surface area contributed by atoms with Gasteiger partial charge in [0.15, 0.2) is 6.61 Å². The lowest BCUT2D eigenvalue weighted by Crippen LogP contribution is -2.32. The molecule has 2 aromatic rings. The van der Waals surface area contributed by atoms with Gasteiger partial charge in [0.25, 0.3) is 5.91 Å². The van der Waals surface area contributed by atoms with Gasteiger partial charge < -0.3 is 9.64 Å². The van der Waals surface area contributed by atoms with Crippen LogP contribution in [0.15, 0.2) is 24.3 Å². The van der Waals surface area contributed by atoms with Crippen LogP contribution in [0.5, 0.6) is 0 Å². The van der Waals surface area contributed by atoms with E-state index in [2.05, 4.69) is 20.8 Å². The highest BCUT2D eigenvalue weighted by Crippen LogP contribution is 2.39. The highest BCUT2D eigenvalue weighted by molar-refractivity contribution is 6.05. The average molecular weight is 408 g/mol. The number of para-hydroxylation sites is 1. The van der Waals surface area contributed by atoms with Crippen LogP contribution in [0.25, 0.3) is 10.9 Å². The van der Waals surface area contributed by atoms with E-state index >= 15 is 0 Å². The lowest BCUT2D eigenvalue weighted by atomic mass is 9.70. The molecule has 0 spiro atoms. The lowest BCUT2D eigenvalue weighted by Gasteiger charge is -2.35. The fourth-order valence-electron chi connectivity index (χ4n) is 4.01. The molecule has 0 radical (unpaired) electrons. The summed E-state index contributed by atoms with van der Waals surface area (Å²) in [5, 5.41) is 9.44. The highest BCUT2D eigenvalue weighted by atomic mass is 16.5. The van der Waals surface area contributed by atoms with Crippen molar-refractivity contribution < 1.29 is 14.3 Å². The Morgan fingerprint density at radius 2 is 2.03 bits per heavy atom. The molecule has 6 heteroatoms. The van der Waals surface area contributed by atoms with Crippen LogP contribution in [0.1, 0.15) is 55.2 Å². The third kappa shape index (κ3) is 4.62. The first kappa shape index (κ1) is 21.8. The van der Waals surface area contributed by atoms with Crippen LogP contribution in [0, 0.1) is 22.7 Å². The van der Waals surface area contributed by atoms with Crippen molar-refractivity contribution in [3.8, 4) is 6.07 Å². The van der Waals surface area contributed by atoms with E-state index in [1.807, 2.05) is 30.3 Å².